The topological polar surface area (TPSA) is 55.1 Å². The highest BCUT2D eigenvalue weighted by Crippen LogP contribution is 2.14. The van der Waals surface area contributed by atoms with Crippen LogP contribution in [0.2, 0.25) is 5.02 Å². The minimum absolute atomic E-state index is 0. The van der Waals surface area contributed by atoms with Crippen LogP contribution in [-0.4, -0.2) is 19.0 Å². The minimum Gasteiger partial charge on any atom is -0.352 e. The minimum atomic E-state index is -0.569. The van der Waals surface area contributed by atoms with Crippen LogP contribution >= 0.6 is 24.0 Å². The summed E-state index contributed by atoms with van der Waals surface area (Å²) in [7, 11) is 0. The van der Waals surface area contributed by atoms with Crippen molar-refractivity contribution in [3.8, 4) is 0 Å². The molecule has 0 atom stereocenters. The molecule has 6 heteroatoms. The number of benzene rings is 1. The Morgan fingerprint density at radius 1 is 1.41 bits per heavy atom. The van der Waals surface area contributed by atoms with E-state index in [9.17, 15) is 9.18 Å². The molecule has 1 aromatic carbocycles. The smallest absolute Gasteiger partial charge is 0.254 e. The zero-order chi connectivity index (χ0) is 12.0. The first-order valence-corrected chi connectivity index (χ1v) is 5.46. The summed E-state index contributed by atoms with van der Waals surface area (Å²) < 4.78 is 13.3. The Kier molecular flexibility index (Phi) is 7.87. The lowest BCUT2D eigenvalue weighted by atomic mass is 10.2. The molecule has 0 unspecified atom stereocenters. The van der Waals surface area contributed by atoms with Gasteiger partial charge in [0, 0.05) is 11.6 Å². The van der Waals surface area contributed by atoms with Gasteiger partial charge in [0.2, 0.25) is 0 Å². The zero-order valence-corrected chi connectivity index (χ0v) is 10.8. The highest BCUT2D eigenvalue weighted by molar-refractivity contribution is 6.30. The summed E-state index contributed by atoms with van der Waals surface area (Å²) in [5.74, 6) is -1.02. The fourth-order valence-corrected chi connectivity index (χ4v) is 1.41. The third-order valence-corrected chi connectivity index (χ3v) is 2.32. The first-order chi connectivity index (χ1) is 7.65. The zero-order valence-electron chi connectivity index (χ0n) is 9.21. The standard InChI is InChI=1S/C11H14ClFN2O.ClH/c12-8-3-4-10(13)9(7-8)11(16)15-6-2-1-5-14;/h3-4,7H,1-2,5-6,14H2,(H,15,16);1H. The van der Waals surface area contributed by atoms with E-state index in [4.69, 9.17) is 17.3 Å². The first kappa shape index (κ1) is 16.2. The van der Waals surface area contributed by atoms with Crippen molar-refractivity contribution in [3.63, 3.8) is 0 Å². The number of nitrogens with two attached hydrogens (primary N) is 1. The van der Waals surface area contributed by atoms with E-state index in [1.165, 1.54) is 18.2 Å². The summed E-state index contributed by atoms with van der Waals surface area (Å²) in [4.78, 5) is 11.5. The number of hydrogen-bond donors (Lipinski definition) is 2. The summed E-state index contributed by atoms with van der Waals surface area (Å²) in [6.45, 7) is 1.07. The van der Waals surface area contributed by atoms with Gasteiger partial charge in [0.25, 0.3) is 5.91 Å². The van der Waals surface area contributed by atoms with E-state index >= 15 is 0 Å². The van der Waals surface area contributed by atoms with Crippen molar-refractivity contribution in [2.24, 2.45) is 5.73 Å². The third kappa shape index (κ3) is 5.35. The molecule has 0 heterocycles. The summed E-state index contributed by atoms with van der Waals surface area (Å²) in [5.41, 5.74) is 5.28. The molecule has 0 bridgehead atoms. The molecular formula is C11H15Cl2FN2O. The highest BCUT2D eigenvalue weighted by Gasteiger charge is 2.11. The molecule has 0 fully saturated rings. The number of halogens is 3. The Hall–Kier alpha value is -0.840. The highest BCUT2D eigenvalue weighted by atomic mass is 35.5. The molecule has 0 aliphatic carbocycles. The maximum atomic E-state index is 13.3. The van der Waals surface area contributed by atoms with Crippen molar-refractivity contribution in [2.75, 3.05) is 13.1 Å². The van der Waals surface area contributed by atoms with Crippen LogP contribution in [0, 0.1) is 5.82 Å². The Labute approximate surface area is 111 Å². The van der Waals surface area contributed by atoms with Crippen molar-refractivity contribution < 1.29 is 9.18 Å². The van der Waals surface area contributed by atoms with E-state index in [1.807, 2.05) is 0 Å². The number of hydrogen-bond acceptors (Lipinski definition) is 2. The van der Waals surface area contributed by atoms with Gasteiger partial charge in [-0.15, -0.1) is 12.4 Å². The second kappa shape index (κ2) is 8.28. The van der Waals surface area contributed by atoms with Crippen molar-refractivity contribution in [2.45, 2.75) is 12.8 Å². The van der Waals surface area contributed by atoms with Gasteiger partial charge in [-0.25, -0.2) is 4.39 Å². The van der Waals surface area contributed by atoms with Crippen LogP contribution in [0.25, 0.3) is 0 Å². The Morgan fingerprint density at radius 2 is 2.12 bits per heavy atom. The molecular weight excluding hydrogens is 266 g/mol. The average Bonchev–Trinajstić information content (AvgIpc) is 2.27. The van der Waals surface area contributed by atoms with Crippen molar-refractivity contribution in [1.82, 2.24) is 5.32 Å². The number of carbonyl (C=O) groups is 1. The number of carbonyl (C=O) groups excluding carboxylic acids is 1. The van der Waals surface area contributed by atoms with Crippen LogP contribution in [0.1, 0.15) is 23.2 Å². The number of nitrogens with one attached hydrogen (secondary N) is 1. The molecule has 1 amide bonds. The second-order valence-corrected chi connectivity index (χ2v) is 3.81. The lowest BCUT2D eigenvalue weighted by molar-refractivity contribution is 0.0949. The molecule has 0 aliphatic rings. The predicted octanol–water partition coefficient (Wildman–Crippen LogP) is 2.37. The van der Waals surface area contributed by atoms with Crippen LogP contribution in [0.5, 0.6) is 0 Å². The maximum absolute atomic E-state index is 13.3. The number of rotatable bonds is 5. The SMILES string of the molecule is Cl.NCCCCNC(=O)c1cc(Cl)ccc1F. The molecule has 0 aliphatic heterocycles. The molecule has 96 valence electrons. The van der Waals surface area contributed by atoms with Gasteiger partial charge in [-0.2, -0.15) is 0 Å². The largest absolute Gasteiger partial charge is 0.352 e. The van der Waals surface area contributed by atoms with Crippen molar-refractivity contribution >= 4 is 29.9 Å². The molecule has 1 aromatic rings. The molecule has 1 rings (SSSR count). The first-order valence-electron chi connectivity index (χ1n) is 5.08. The van der Waals surface area contributed by atoms with E-state index in [-0.39, 0.29) is 18.0 Å². The predicted molar refractivity (Wildman–Crippen MR) is 69.3 cm³/mol. The molecule has 0 spiro atoms. The maximum Gasteiger partial charge on any atom is 0.254 e. The van der Waals surface area contributed by atoms with Gasteiger partial charge in [0.15, 0.2) is 0 Å². The quantitative estimate of drug-likeness (QED) is 0.814. The molecule has 0 aromatic heterocycles. The molecule has 3 nitrogen and oxygen atoms in total. The fourth-order valence-electron chi connectivity index (χ4n) is 1.24. The summed E-state index contributed by atoms with van der Waals surface area (Å²) >= 11 is 5.68. The Bertz CT molecular complexity index is 374. The van der Waals surface area contributed by atoms with Gasteiger partial charge in [-0.1, -0.05) is 11.6 Å². The van der Waals surface area contributed by atoms with E-state index < -0.39 is 11.7 Å². The normalized spacial score (nSPS) is 9.59. The van der Waals surface area contributed by atoms with Crippen LogP contribution < -0.4 is 11.1 Å². The average molecular weight is 281 g/mol. The van der Waals surface area contributed by atoms with Crippen LogP contribution in [0.3, 0.4) is 0 Å². The molecule has 0 saturated carbocycles. The van der Waals surface area contributed by atoms with E-state index in [0.717, 1.165) is 12.8 Å². The lowest BCUT2D eigenvalue weighted by Gasteiger charge is -2.05. The third-order valence-electron chi connectivity index (χ3n) is 2.09. The molecule has 17 heavy (non-hydrogen) atoms. The van der Waals surface area contributed by atoms with Gasteiger partial charge in [-0.3, -0.25) is 4.79 Å². The number of unbranched alkanes of at least 4 members (excludes halogenated alkanes) is 1. The Morgan fingerprint density at radius 3 is 2.76 bits per heavy atom. The van der Waals surface area contributed by atoms with Crippen LogP contribution in [-0.2, 0) is 0 Å². The van der Waals surface area contributed by atoms with Crippen molar-refractivity contribution in [3.05, 3.63) is 34.6 Å². The van der Waals surface area contributed by atoms with Crippen LogP contribution in [0.15, 0.2) is 18.2 Å². The summed E-state index contributed by atoms with van der Waals surface area (Å²) in [6, 6.07) is 3.90. The second-order valence-electron chi connectivity index (χ2n) is 3.38. The lowest BCUT2D eigenvalue weighted by Crippen LogP contribution is -2.25. The van der Waals surface area contributed by atoms with Gasteiger partial charge in [-0.05, 0) is 37.6 Å². The molecule has 0 saturated heterocycles. The van der Waals surface area contributed by atoms with Gasteiger partial charge < -0.3 is 11.1 Å². The van der Waals surface area contributed by atoms with Gasteiger partial charge >= 0.3 is 0 Å². The fraction of sp³-hybridized carbons (Fsp3) is 0.364. The Balaban J connectivity index is 0.00000256. The number of amides is 1. The van der Waals surface area contributed by atoms with Crippen molar-refractivity contribution in [1.29, 1.82) is 0 Å². The monoisotopic (exact) mass is 280 g/mol. The van der Waals surface area contributed by atoms with E-state index in [1.54, 1.807) is 0 Å². The molecule has 3 N–H and O–H groups in total. The van der Waals surface area contributed by atoms with E-state index in [2.05, 4.69) is 5.32 Å². The summed E-state index contributed by atoms with van der Waals surface area (Å²) in [6.07, 6.45) is 1.61. The van der Waals surface area contributed by atoms with Crippen LogP contribution in [0.4, 0.5) is 4.39 Å². The van der Waals surface area contributed by atoms with E-state index in [0.29, 0.717) is 18.1 Å². The summed E-state index contributed by atoms with van der Waals surface area (Å²) in [5, 5.41) is 2.95. The molecule has 0 radical (unpaired) electrons. The van der Waals surface area contributed by atoms with Gasteiger partial charge in [0.05, 0.1) is 5.56 Å². The van der Waals surface area contributed by atoms with Gasteiger partial charge in [0.1, 0.15) is 5.82 Å².